The largest absolute Gasteiger partial charge is 0.393 e. The molecule has 0 radical (unpaired) electrons. The fraction of sp³-hybridized carbons (Fsp3) is 0.500. The van der Waals surface area contributed by atoms with Crippen LogP contribution >= 0.6 is 0 Å². The number of aliphatic hydroxyl groups is 1. The first kappa shape index (κ1) is 25.3. The summed E-state index contributed by atoms with van der Waals surface area (Å²) in [5.41, 5.74) is 3.42. The zero-order valence-corrected chi connectivity index (χ0v) is 21.5. The number of pyridine rings is 1. The lowest BCUT2D eigenvalue weighted by atomic mass is 9.80. The average Bonchev–Trinajstić information content (AvgIpc) is 3.28. The number of carbonyl (C=O) groups excluding carboxylic acids is 2. The van der Waals surface area contributed by atoms with Gasteiger partial charge in [-0.15, -0.1) is 0 Å². The number of aromatic nitrogens is 3. The van der Waals surface area contributed by atoms with Crippen LogP contribution < -0.4 is 10.6 Å². The highest BCUT2D eigenvalue weighted by Crippen LogP contribution is 2.32. The van der Waals surface area contributed by atoms with Crippen molar-refractivity contribution in [3.63, 3.8) is 0 Å². The maximum Gasteiger partial charge on any atom is 0.228 e. The molecule has 2 heterocycles. The van der Waals surface area contributed by atoms with Gasteiger partial charge in [-0.2, -0.15) is 0 Å². The summed E-state index contributed by atoms with van der Waals surface area (Å²) in [7, 11) is 0. The Morgan fingerprint density at radius 2 is 1.86 bits per heavy atom. The molecule has 0 spiro atoms. The number of rotatable bonds is 6. The highest BCUT2D eigenvalue weighted by atomic mass is 19.1. The number of halogens is 1. The first-order chi connectivity index (χ1) is 17.7. The van der Waals surface area contributed by atoms with E-state index in [0.29, 0.717) is 36.2 Å². The zero-order valence-electron chi connectivity index (χ0n) is 21.5. The molecule has 0 aliphatic heterocycles. The van der Waals surface area contributed by atoms with Gasteiger partial charge in [0.15, 0.2) is 5.82 Å². The number of benzene rings is 1. The van der Waals surface area contributed by atoms with E-state index in [9.17, 15) is 19.1 Å². The number of hydrogen-bond acceptors (Lipinski definition) is 5. The minimum absolute atomic E-state index is 0.0239. The van der Waals surface area contributed by atoms with Crippen LogP contribution in [-0.4, -0.2) is 43.6 Å². The van der Waals surface area contributed by atoms with Crippen LogP contribution in [0.3, 0.4) is 0 Å². The lowest BCUT2D eigenvalue weighted by Crippen LogP contribution is -2.47. The third kappa shape index (κ3) is 5.23. The second-order valence-corrected chi connectivity index (χ2v) is 10.8. The molecule has 0 bridgehead atoms. The normalized spacial score (nSPS) is 23.6. The van der Waals surface area contributed by atoms with Gasteiger partial charge in [0.2, 0.25) is 11.8 Å². The van der Waals surface area contributed by atoms with E-state index in [1.165, 1.54) is 6.07 Å². The van der Waals surface area contributed by atoms with E-state index in [-0.39, 0.29) is 47.7 Å². The second-order valence-electron chi connectivity index (χ2n) is 10.8. The average molecular weight is 508 g/mol. The fourth-order valence-corrected chi connectivity index (χ4v) is 5.47. The van der Waals surface area contributed by atoms with Crippen molar-refractivity contribution in [1.29, 1.82) is 0 Å². The van der Waals surface area contributed by atoms with Gasteiger partial charge in [-0.1, -0.05) is 6.42 Å². The number of amides is 2. The van der Waals surface area contributed by atoms with E-state index in [0.717, 1.165) is 35.9 Å². The SMILES string of the molecule is Cc1cnc(NC(=O)[C@H]2CCC[C@@H](NC(=O)C3CC(O)C3)C2)cc1-c1cc(F)c2ncn(C(C)C)c2c1. The van der Waals surface area contributed by atoms with Crippen molar-refractivity contribution < 1.29 is 19.1 Å². The number of carbonyl (C=O) groups is 2. The Morgan fingerprint density at radius 1 is 1.08 bits per heavy atom. The molecule has 2 amide bonds. The number of aliphatic hydroxyl groups excluding tert-OH is 1. The molecule has 2 saturated carbocycles. The third-order valence-electron chi connectivity index (χ3n) is 7.73. The summed E-state index contributed by atoms with van der Waals surface area (Å²) in [6.07, 6.45) is 7.02. The van der Waals surface area contributed by atoms with E-state index >= 15 is 0 Å². The molecule has 9 heteroatoms. The molecule has 196 valence electrons. The van der Waals surface area contributed by atoms with Gasteiger partial charge in [0.1, 0.15) is 11.3 Å². The number of hydrogen-bond donors (Lipinski definition) is 3. The van der Waals surface area contributed by atoms with E-state index in [1.54, 1.807) is 18.6 Å². The van der Waals surface area contributed by atoms with Crippen molar-refractivity contribution >= 4 is 28.7 Å². The first-order valence-corrected chi connectivity index (χ1v) is 13.1. The van der Waals surface area contributed by atoms with Crippen molar-refractivity contribution in [3.05, 3.63) is 42.1 Å². The van der Waals surface area contributed by atoms with Crippen molar-refractivity contribution in [2.75, 3.05) is 5.32 Å². The number of nitrogens with zero attached hydrogens (tertiary/aromatic N) is 3. The molecule has 3 aromatic rings. The first-order valence-electron chi connectivity index (χ1n) is 13.1. The van der Waals surface area contributed by atoms with Gasteiger partial charge >= 0.3 is 0 Å². The van der Waals surface area contributed by atoms with Crippen LogP contribution in [0.4, 0.5) is 10.2 Å². The molecule has 0 saturated heterocycles. The summed E-state index contributed by atoms with van der Waals surface area (Å²) in [4.78, 5) is 34.1. The molecule has 3 N–H and O–H groups in total. The van der Waals surface area contributed by atoms with Crippen LogP contribution in [0.5, 0.6) is 0 Å². The Bertz CT molecular complexity index is 1330. The molecule has 2 atom stereocenters. The minimum atomic E-state index is -0.389. The zero-order chi connectivity index (χ0) is 26.3. The minimum Gasteiger partial charge on any atom is -0.393 e. The van der Waals surface area contributed by atoms with Crippen molar-refractivity contribution in [3.8, 4) is 11.1 Å². The molecule has 5 rings (SSSR count). The molecule has 37 heavy (non-hydrogen) atoms. The standard InChI is InChI=1S/C28H34FN5O3/c1-15(2)34-14-31-26-23(29)10-18(11-24(26)34)22-12-25(30-13-16(22)3)33-27(36)17-5-4-6-20(7-17)32-28(37)19-8-21(35)9-19/h10-15,17,19-21,35H,4-9H2,1-3H3,(H,32,37)(H,30,33,36)/t17-,19?,20+,21?/m0/s1. The van der Waals surface area contributed by atoms with Gasteiger partial charge in [-0.3, -0.25) is 9.59 Å². The van der Waals surface area contributed by atoms with Gasteiger partial charge in [0.05, 0.1) is 17.9 Å². The smallest absolute Gasteiger partial charge is 0.228 e. The molecule has 2 aliphatic carbocycles. The van der Waals surface area contributed by atoms with Crippen LogP contribution in [0.15, 0.2) is 30.7 Å². The number of nitrogens with one attached hydrogen (secondary N) is 2. The van der Waals surface area contributed by atoms with Gasteiger partial charge in [0, 0.05) is 30.1 Å². The second kappa shape index (κ2) is 10.2. The monoisotopic (exact) mass is 507 g/mol. The molecular formula is C28H34FN5O3. The van der Waals surface area contributed by atoms with Crippen molar-refractivity contribution in [2.24, 2.45) is 11.8 Å². The number of fused-ring (bicyclic) bond motifs is 1. The van der Waals surface area contributed by atoms with E-state index < -0.39 is 0 Å². The van der Waals surface area contributed by atoms with Crippen molar-refractivity contribution in [2.45, 2.75) is 77.5 Å². The third-order valence-corrected chi connectivity index (χ3v) is 7.73. The lowest BCUT2D eigenvalue weighted by molar-refractivity contribution is -0.133. The van der Waals surface area contributed by atoms with Gasteiger partial charge in [-0.25, -0.2) is 14.4 Å². The predicted molar refractivity (Wildman–Crippen MR) is 139 cm³/mol. The maximum atomic E-state index is 14.9. The molecule has 2 aromatic heterocycles. The molecule has 0 unspecified atom stereocenters. The summed E-state index contributed by atoms with van der Waals surface area (Å²) >= 11 is 0. The number of imidazole rings is 1. The van der Waals surface area contributed by atoms with E-state index in [2.05, 4.69) is 20.6 Å². The Hall–Kier alpha value is -3.33. The van der Waals surface area contributed by atoms with E-state index in [4.69, 9.17) is 0 Å². The highest BCUT2D eigenvalue weighted by molar-refractivity contribution is 5.93. The molecule has 1 aromatic carbocycles. The van der Waals surface area contributed by atoms with Crippen LogP contribution in [0.1, 0.15) is 64.0 Å². The topological polar surface area (TPSA) is 109 Å². The highest BCUT2D eigenvalue weighted by Gasteiger charge is 2.35. The van der Waals surface area contributed by atoms with Crippen LogP contribution in [-0.2, 0) is 9.59 Å². The maximum absolute atomic E-state index is 14.9. The van der Waals surface area contributed by atoms with Crippen molar-refractivity contribution in [1.82, 2.24) is 19.9 Å². The van der Waals surface area contributed by atoms with Crippen LogP contribution in [0.2, 0.25) is 0 Å². The summed E-state index contributed by atoms with van der Waals surface area (Å²) in [6, 6.07) is 5.28. The Labute approximate surface area is 215 Å². The Kier molecular flexibility index (Phi) is 6.98. The molecule has 2 aliphatic rings. The summed E-state index contributed by atoms with van der Waals surface area (Å²) in [5.74, 6) is -0.475. The van der Waals surface area contributed by atoms with Gasteiger partial charge < -0.3 is 20.3 Å². The van der Waals surface area contributed by atoms with Gasteiger partial charge in [-0.05, 0) is 87.8 Å². The number of anilines is 1. The van der Waals surface area contributed by atoms with Crippen LogP contribution in [0, 0.1) is 24.6 Å². The Balaban J connectivity index is 1.30. The molecular weight excluding hydrogens is 473 g/mol. The fourth-order valence-electron chi connectivity index (χ4n) is 5.47. The summed E-state index contributed by atoms with van der Waals surface area (Å²) in [5, 5.41) is 15.5. The summed E-state index contributed by atoms with van der Waals surface area (Å²) in [6.45, 7) is 5.96. The Morgan fingerprint density at radius 3 is 2.59 bits per heavy atom. The van der Waals surface area contributed by atoms with Gasteiger partial charge in [0.25, 0.3) is 0 Å². The van der Waals surface area contributed by atoms with E-state index in [1.807, 2.05) is 31.4 Å². The quantitative estimate of drug-likeness (QED) is 0.455. The molecule has 2 fully saturated rings. The lowest BCUT2D eigenvalue weighted by Gasteiger charge is -2.34. The van der Waals surface area contributed by atoms with Crippen LogP contribution in [0.25, 0.3) is 22.2 Å². The molecule has 8 nitrogen and oxygen atoms in total. The predicted octanol–water partition coefficient (Wildman–Crippen LogP) is 4.51. The number of aryl methyl sites for hydroxylation is 1. The summed E-state index contributed by atoms with van der Waals surface area (Å²) < 4.78 is 16.9.